The number of anilines is 2. The van der Waals surface area contributed by atoms with Crippen LogP contribution >= 0.6 is 0 Å². The van der Waals surface area contributed by atoms with Gasteiger partial charge in [-0.05, 0) is 57.9 Å². The van der Waals surface area contributed by atoms with Crippen molar-refractivity contribution in [3.63, 3.8) is 0 Å². The Hall–Kier alpha value is -4.10. The second kappa shape index (κ2) is 15.2. The van der Waals surface area contributed by atoms with E-state index >= 15 is 0 Å². The van der Waals surface area contributed by atoms with E-state index in [9.17, 15) is 32.8 Å². The van der Waals surface area contributed by atoms with Gasteiger partial charge in [-0.2, -0.15) is 18.4 Å². The number of halogens is 3. The number of nitriles is 1. The average molecular weight is 681 g/mol. The lowest BCUT2D eigenvalue weighted by molar-refractivity contribution is -0.170. The summed E-state index contributed by atoms with van der Waals surface area (Å²) in [5, 5.41) is 15.7. The Morgan fingerprint density at radius 3 is 2.40 bits per heavy atom. The summed E-state index contributed by atoms with van der Waals surface area (Å²) >= 11 is 0. The van der Waals surface area contributed by atoms with E-state index < -0.39 is 44.0 Å². The Kier molecular flexibility index (Phi) is 12.1. The Labute approximate surface area is 273 Å². The van der Waals surface area contributed by atoms with Crippen LogP contribution in [0.5, 0.6) is 0 Å². The number of nitrogens with one attached hydrogen (secondary N) is 2. The second-order valence-corrected chi connectivity index (χ2v) is 19.0. The van der Waals surface area contributed by atoms with E-state index in [-0.39, 0.29) is 53.8 Å². The standard InChI is InChI=1S/C31H43F3N6O6Si/c1-30(2,3)46-29(43)37-22-11-9-8-10-14-39(27(41)31(32,33)34)23-17-20(36-28(42)44-4)12-13-21(23)25-24(18-35)40(26(22)38-25)19-45-15-16-47(5,6)7/h12-13,17,22H,8-11,14-16,19H2,1-7H3,(H,36,42)(H,37,43). The molecule has 1 atom stereocenters. The third kappa shape index (κ3) is 10.4. The summed E-state index contributed by atoms with van der Waals surface area (Å²) in [4.78, 5) is 43.1. The van der Waals surface area contributed by atoms with E-state index in [1.54, 1.807) is 20.8 Å². The Bertz CT molecular complexity index is 1490. The summed E-state index contributed by atoms with van der Waals surface area (Å²) in [5.41, 5.74) is -0.985. The number of rotatable bonds is 7. The molecule has 258 valence electrons. The van der Waals surface area contributed by atoms with E-state index in [0.717, 1.165) is 13.2 Å². The van der Waals surface area contributed by atoms with Gasteiger partial charge in [0.2, 0.25) is 0 Å². The average Bonchev–Trinajstić information content (AvgIpc) is 3.31. The van der Waals surface area contributed by atoms with Crippen molar-refractivity contribution in [3.8, 4) is 17.3 Å². The normalized spacial score (nSPS) is 15.8. The smallest absolute Gasteiger partial charge is 0.453 e. The molecule has 2 aromatic rings. The fraction of sp³-hybridized carbons (Fsp3) is 0.581. The van der Waals surface area contributed by atoms with Crippen LogP contribution in [0.25, 0.3) is 11.3 Å². The number of carbonyl (C=O) groups is 3. The number of methoxy groups -OCH3 is 1. The van der Waals surface area contributed by atoms with E-state index in [0.29, 0.717) is 30.8 Å². The number of alkyl carbamates (subject to hydrolysis) is 1. The lowest BCUT2D eigenvalue weighted by atomic mass is 10.0. The highest BCUT2D eigenvalue weighted by atomic mass is 28.3. The quantitative estimate of drug-likeness (QED) is 0.236. The number of hydrogen-bond acceptors (Lipinski definition) is 8. The molecule has 2 bridgehead atoms. The molecule has 0 spiro atoms. The molecule has 2 heterocycles. The highest BCUT2D eigenvalue weighted by molar-refractivity contribution is 6.76. The van der Waals surface area contributed by atoms with Gasteiger partial charge in [0.05, 0.1) is 18.8 Å². The molecule has 12 nitrogen and oxygen atoms in total. The Balaban J connectivity index is 2.28. The van der Waals surface area contributed by atoms with Crippen LogP contribution < -0.4 is 15.5 Å². The van der Waals surface area contributed by atoms with Gasteiger partial charge in [0.15, 0.2) is 0 Å². The van der Waals surface area contributed by atoms with Crippen LogP contribution in [0, 0.1) is 11.3 Å². The van der Waals surface area contributed by atoms with Gasteiger partial charge in [-0.1, -0.05) is 32.5 Å². The number of hydrogen-bond donors (Lipinski definition) is 2. The first-order valence-electron chi connectivity index (χ1n) is 15.3. The summed E-state index contributed by atoms with van der Waals surface area (Å²) in [6.45, 7) is 11.7. The number of imidazole rings is 1. The maximum absolute atomic E-state index is 13.9. The van der Waals surface area contributed by atoms with Crippen LogP contribution in [0.3, 0.4) is 0 Å². The number of fused-ring (bicyclic) bond motifs is 4. The zero-order chi connectivity index (χ0) is 35.2. The predicted octanol–water partition coefficient (Wildman–Crippen LogP) is 6.95. The first kappa shape index (κ1) is 37.4. The molecule has 1 aromatic carbocycles. The molecule has 0 saturated carbocycles. The second-order valence-electron chi connectivity index (χ2n) is 13.4. The van der Waals surface area contributed by atoms with Crippen LogP contribution in [-0.2, 0) is 25.7 Å². The topological polar surface area (TPSA) is 148 Å². The fourth-order valence-electron chi connectivity index (χ4n) is 4.90. The fourth-order valence-corrected chi connectivity index (χ4v) is 5.66. The first-order valence-corrected chi connectivity index (χ1v) is 19.0. The zero-order valence-electron chi connectivity index (χ0n) is 27.8. The van der Waals surface area contributed by atoms with Crippen LogP contribution in [-0.4, -0.2) is 67.8 Å². The van der Waals surface area contributed by atoms with Gasteiger partial charge in [0, 0.05) is 32.5 Å². The largest absolute Gasteiger partial charge is 0.471 e. The van der Waals surface area contributed by atoms with Gasteiger partial charge in [-0.3, -0.25) is 14.7 Å². The molecule has 3 rings (SSSR count). The number of benzene rings is 1. The highest BCUT2D eigenvalue weighted by Gasteiger charge is 2.44. The van der Waals surface area contributed by atoms with Crippen molar-refractivity contribution >= 4 is 37.5 Å². The zero-order valence-corrected chi connectivity index (χ0v) is 28.8. The van der Waals surface area contributed by atoms with Crippen molar-refractivity contribution in [3.05, 3.63) is 29.7 Å². The van der Waals surface area contributed by atoms with E-state index in [4.69, 9.17) is 14.5 Å². The van der Waals surface area contributed by atoms with Gasteiger partial charge in [0.25, 0.3) is 0 Å². The maximum atomic E-state index is 13.9. The molecule has 16 heteroatoms. The van der Waals surface area contributed by atoms with Crippen LogP contribution in [0.2, 0.25) is 25.7 Å². The van der Waals surface area contributed by atoms with E-state index in [2.05, 4.69) is 41.1 Å². The summed E-state index contributed by atoms with van der Waals surface area (Å²) in [6, 6.07) is 6.19. The number of carbonyl (C=O) groups excluding carboxylic acids is 3. The lowest BCUT2D eigenvalue weighted by Crippen LogP contribution is -2.42. The molecule has 0 fully saturated rings. The summed E-state index contributed by atoms with van der Waals surface area (Å²) in [6.07, 6.45) is -5.45. The molecule has 1 aromatic heterocycles. The number of aromatic nitrogens is 2. The van der Waals surface area contributed by atoms with Gasteiger partial charge in [-0.15, -0.1) is 0 Å². The molecule has 0 saturated heterocycles. The summed E-state index contributed by atoms with van der Waals surface area (Å²) < 4.78 is 59.5. The van der Waals surface area contributed by atoms with Crippen molar-refractivity contribution in [1.29, 1.82) is 5.26 Å². The molecule has 47 heavy (non-hydrogen) atoms. The van der Waals surface area contributed by atoms with Crippen molar-refractivity contribution < 1.29 is 41.8 Å². The van der Waals surface area contributed by atoms with E-state index in [1.165, 1.54) is 22.8 Å². The molecule has 0 radical (unpaired) electrons. The van der Waals surface area contributed by atoms with Gasteiger partial charge >= 0.3 is 24.3 Å². The third-order valence-corrected chi connectivity index (χ3v) is 8.86. The van der Waals surface area contributed by atoms with Crippen LogP contribution in [0.15, 0.2) is 18.2 Å². The van der Waals surface area contributed by atoms with Crippen LogP contribution in [0.1, 0.15) is 64.0 Å². The number of nitrogens with zero attached hydrogens (tertiary/aromatic N) is 4. The third-order valence-electron chi connectivity index (χ3n) is 7.16. The van der Waals surface area contributed by atoms with Crippen molar-refractivity contribution in [2.24, 2.45) is 0 Å². The molecule has 1 aliphatic rings. The lowest BCUT2D eigenvalue weighted by Gasteiger charge is -2.27. The van der Waals surface area contributed by atoms with Crippen molar-refractivity contribution in [2.45, 2.75) is 96.7 Å². The minimum absolute atomic E-state index is 0.0209. The van der Waals surface area contributed by atoms with Crippen molar-refractivity contribution in [1.82, 2.24) is 14.9 Å². The minimum Gasteiger partial charge on any atom is -0.453 e. The van der Waals surface area contributed by atoms with E-state index in [1.807, 2.05) is 0 Å². The predicted molar refractivity (Wildman–Crippen MR) is 171 cm³/mol. The first-order chi connectivity index (χ1) is 21.8. The maximum Gasteiger partial charge on any atom is 0.471 e. The van der Waals surface area contributed by atoms with Crippen LogP contribution in [0.4, 0.5) is 34.1 Å². The minimum atomic E-state index is -5.21. The molecule has 0 aliphatic carbocycles. The summed E-state index contributed by atoms with van der Waals surface area (Å²) in [5.74, 6) is -1.87. The molecule has 3 amide bonds. The highest BCUT2D eigenvalue weighted by Crippen LogP contribution is 2.39. The van der Waals surface area contributed by atoms with Gasteiger partial charge in [-0.25, -0.2) is 14.6 Å². The molecule has 1 unspecified atom stereocenters. The number of alkyl halides is 3. The molecular weight excluding hydrogens is 637 g/mol. The molecular formula is C31H43F3N6O6Si. The molecule has 2 N–H and O–H groups in total. The Morgan fingerprint density at radius 1 is 1.11 bits per heavy atom. The number of amides is 3. The number of ether oxygens (including phenoxy) is 3. The van der Waals surface area contributed by atoms with Gasteiger partial charge in [0.1, 0.15) is 35.6 Å². The summed E-state index contributed by atoms with van der Waals surface area (Å²) in [7, 11) is -0.350. The van der Waals surface area contributed by atoms with Crippen molar-refractivity contribution in [2.75, 3.05) is 30.5 Å². The molecule has 1 aliphatic heterocycles. The SMILES string of the molecule is COC(=O)Nc1ccc2c(c1)N(C(=O)C(F)(F)F)CCCCCC(NC(=O)OC(C)(C)C)c1nc-2c(C#N)n1COCC[Si](C)(C)C. The monoisotopic (exact) mass is 680 g/mol. The Morgan fingerprint density at radius 2 is 1.81 bits per heavy atom. The van der Waals surface area contributed by atoms with Gasteiger partial charge < -0.3 is 24.4 Å².